The molecule has 0 unspecified atom stereocenters. The average Bonchev–Trinajstić information content (AvgIpc) is 2.82. The minimum Gasteiger partial charge on any atom is -0.383 e. The van der Waals surface area contributed by atoms with Crippen molar-refractivity contribution in [2.24, 2.45) is 0 Å². The first-order valence-corrected chi connectivity index (χ1v) is 6.52. The summed E-state index contributed by atoms with van der Waals surface area (Å²) in [5, 5.41) is 4.57. The first-order chi connectivity index (χ1) is 8.63. The summed E-state index contributed by atoms with van der Waals surface area (Å²) in [6.07, 6.45) is 0. The lowest BCUT2D eigenvalue weighted by Crippen LogP contribution is -2.38. The van der Waals surface area contributed by atoms with Gasteiger partial charge >= 0.3 is 0 Å². The van der Waals surface area contributed by atoms with E-state index in [1.165, 1.54) is 11.3 Å². The number of hydrogen-bond acceptors (Lipinski definition) is 5. The first kappa shape index (κ1) is 14.8. The second-order valence-corrected chi connectivity index (χ2v) is 4.86. The van der Waals surface area contributed by atoms with Gasteiger partial charge in [-0.05, 0) is 18.5 Å². The van der Waals surface area contributed by atoms with Crippen molar-refractivity contribution in [1.82, 2.24) is 10.2 Å². The molecule has 0 aliphatic rings. The number of nitrogens with one attached hydrogen (secondary N) is 1. The van der Waals surface area contributed by atoms with Gasteiger partial charge < -0.3 is 10.1 Å². The van der Waals surface area contributed by atoms with Gasteiger partial charge in [0.2, 0.25) is 5.91 Å². The number of thiophene rings is 1. The SMILES string of the molecule is COCCNC(=O)CN(C)CC(=O)c1cccs1. The number of ketones is 1. The number of rotatable bonds is 8. The molecular formula is C12H18N2O3S. The predicted molar refractivity (Wildman–Crippen MR) is 71.0 cm³/mol. The minimum absolute atomic E-state index is 0.0391. The molecule has 0 fully saturated rings. The molecule has 0 aliphatic heterocycles. The fourth-order valence-electron chi connectivity index (χ4n) is 1.41. The highest BCUT2D eigenvalue weighted by Gasteiger charge is 2.12. The number of nitrogens with zero attached hydrogens (tertiary/aromatic N) is 1. The number of hydrogen-bond donors (Lipinski definition) is 1. The van der Waals surface area contributed by atoms with Crippen molar-refractivity contribution in [2.75, 3.05) is 40.4 Å². The van der Waals surface area contributed by atoms with E-state index < -0.39 is 0 Å². The van der Waals surface area contributed by atoms with E-state index >= 15 is 0 Å². The Morgan fingerprint density at radius 2 is 2.22 bits per heavy atom. The van der Waals surface area contributed by atoms with Crippen LogP contribution in [0, 0.1) is 0 Å². The van der Waals surface area contributed by atoms with Crippen molar-refractivity contribution in [2.45, 2.75) is 0 Å². The lowest BCUT2D eigenvalue weighted by Gasteiger charge is -2.14. The van der Waals surface area contributed by atoms with E-state index in [0.717, 1.165) is 4.88 Å². The standard InChI is InChI=1S/C12H18N2O3S/c1-14(9-12(16)13-5-6-17-2)8-10(15)11-4-3-7-18-11/h3-4,7H,5-6,8-9H2,1-2H3,(H,13,16). The van der Waals surface area contributed by atoms with Crippen LogP contribution < -0.4 is 5.32 Å². The number of likely N-dealkylation sites (N-methyl/N-ethyl adjacent to an activating group) is 1. The summed E-state index contributed by atoms with van der Waals surface area (Å²) in [5.74, 6) is -0.0641. The molecule has 0 spiro atoms. The highest BCUT2D eigenvalue weighted by atomic mass is 32.1. The zero-order chi connectivity index (χ0) is 13.4. The Labute approximate surface area is 111 Å². The number of ether oxygens (including phenoxy) is 1. The number of carbonyl (C=O) groups is 2. The third-order valence-corrected chi connectivity index (χ3v) is 3.16. The molecular weight excluding hydrogens is 252 g/mol. The van der Waals surface area contributed by atoms with Crippen molar-refractivity contribution < 1.29 is 14.3 Å². The Balaban J connectivity index is 2.26. The van der Waals surface area contributed by atoms with Crippen LogP contribution in [0.1, 0.15) is 9.67 Å². The number of carbonyl (C=O) groups excluding carboxylic acids is 2. The van der Waals surface area contributed by atoms with Crippen LogP contribution in [0.5, 0.6) is 0 Å². The molecule has 0 atom stereocenters. The van der Waals surface area contributed by atoms with Crippen LogP contribution in [0.2, 0.25) is 0 Å². The van der Waals surface area contributed by atoms with Gasteiger partial charge in [0.25, 0.3) is 0 Å². The van der Waals surface area contributed by atoms with E-state index in [9.17, 15) is 9.59 Å². The van der Waals surface area contributed by atoms with Crippen LogP contribution in [-0.4, -0.2) is 57.0 Å². The average molecular weight is 270 g/mol. The van der Waals surface area contributed by atoms with Crippen LogP contribution in [0.15, 0.2) is 17.5 Å². The summed E-state index contributed by atoms with van der Waals surface area (Å²) >= 11 is 1.42. The summed E-state index contributed by atoms with van der Waals surface area (Å²) in [6, 6.07) is 3.63. The Bertz CT molecular complexity index is 379. The minimum atomic E-state index is -0.103. The molecule has 1 rings (SSSR count). The van der Waals surface area contributed by atoms with Crippen molar-refractivity contribution in [1.29, 1.82) is 0 Å². The van der Waals surface area contributed by atoms with Gasteiger partial charge in [-0.3, -0.25) is 14.5 Å². The Morgan fingerprint density at radius 3 is 2.83 bits per heavy atom. The van der Waals surface area contributed by atoms with Crippen LogP contribution in [-0.2, 0) is 9.53 Å². The predicted octanol–water partition coefficient (Wildman–Crippen LogP) is 0.625. The molecule has 1 aromatic rings. The highest BCUT2D eigenvalue weighted by Crippen LogP contribution is 2.09. The van der Waals surface area contributed by atoms with Crippen LogP contribution in [0.25, 0.3) is 0 Å². The maximum Gasteiger partial charge on any atom is 0.234 e. The molecule has 1 aromatic heterocycles. The molecule has 0 saturated carbocycles. The van der Waals surface area contributed by atoms with E-state index in [-0.39, 0.29) is 24.8 Å². The maximum absolute atomic E-state index is 11.8. The van der Waals surface area contributed by atoms with E-state index in [1.807, 2.05) is 11.4 Å². The Kier molecular flexibility index (Phi) is 6.56. The molecule has 0 aliphatic carbocycles. The number of methoxy groups -OCH3 is 1. The van der Waals surface area contributed by atoms with Gasteiger partial charge in [-0.25, -0.2) is 0 Å². The van der Waals surface area contributed by atoms with Crippen LogP contribution in [0.3, 0.4) is 0 Å². The fourth-order valence-corrected chi connectivity index (χ4v) is 2.07. The van der Waals surface area contributed by atoms with E-state index in [2.05, 4.69) is 5.32 Å². The number of amides is 1. The molecule has 6 heteroatoms. The quantitative estimate of drug-likeness (QED) is 0.556. The second-order valence-electron chi connectivity index (χ2n) is 3.92. The van der Waals surface area contributed by atoms with Gasteiger partial charge in [-0.15, -0.1) is 11.3 Å². The molecule has 0 saturated heterocycles. The fraction of sp³-hybridized carbons (Fsp3) is 0.500. The first-order valence-electron chi connectivity index (χ1n) is 5.64. The van der Waals surface area contributed by atoms with Gasteiger partial charge in [0.1, 0.15) is 0 Å². The lowest BCUT2D eigenvalue weighted by molar-refractivity contribution is -0.122. The Morgan fingerprint density at radius 1 is 1.44 bits per heavy atom. The van der Waals surface area contributed by atoms with E-state index in [1.54, 1.807) is 25.1 Å². The van der Waals surface area contributed by atoms with Gasteiger partial charge in [-0.1, -0.05) is 6.07 Å². The monoisotopic (exact) mass is 270 g/mol. The van der Waals surface area contributed by atoms with Crippen LogP contribution in [0.4, 0.5) is 0 Å². The summed E-state index contributed by atoms with van der Waals surface area (Å²) in [7, 11) is 3.33. The topological polar surface area (TPSA) is 58.6 Å². The molecule has 0 bridgehead atoms. The zero-order valence-corrected chi connectivity index (χ0v) is 11.5. The summed E-state index contributed by atoms with van der Waals surface area (Å²) in [5.41, 5.74) is 0. The van der Waals surface area contributed by atoms with Crippen LogP contribution >= 0.6 is 11.3 Å². The third kappa shape index (κ3) is 5.39. The van der Waals surface area contributed by atoms with Gasteiger partial charge in [0.05, 0.1) is 24.6 Å². The van der Waals surface area contributed by atoms with Crippen molar-refractivity contribution in [3.8, 4) is 0 Å². The van der Waals surface area contributed by atoms with Gasteiger partial charge in [0.15, 0.2) is 5.78 Å². The lowest BCUT2D eigenvalue weighted by atomic mass is 10.3. The Hall–Kier alpha value is -1.24. The molecule has 1 N–H and O–H groups in total. The number of Topliss-reactive ketones (excluding diaryl/α,β-unsaturated/α-hetero) is 1. The van der Waals surface area contributed by atoms with Crippen molar-refractivity contribution >= 4 is 23.0 Å². The van der Waals surface area contributed by atoms with Crippen molar-refractivity contribution in [3.05, 3.63) is 22.4 Å². The van der Waals surface area contributed by atoms with E-state index in [0.29, 0.717) is 13.2 Å². The summed E-state index contributed by atoms with van der Waals surface area (Å²) in [4.78, 5) is 25.7. The highest BCUT2D eigenvalue weighted by molar-refractivity contribution is 7.12. The molecule has 0 radical (unpaired) electrons. The third-order valence-electron chi connectivity index (χ3n) is 2.25. The van der Waals surface area contributed by atoms with Crippen molar-refractivity contribution in [3.63, 3.8) is 0 Å². The van der Waals surface area contributed by atoms with E-state index in [4.69, 9.17) is 4.74 Å². The van der Waals surface area contributed by atoms with Gasteiger partial charge in [0, 0.05) is 13.7 Å². The maximum atomic E-state index is 11.8. The normalized spacial score (nSPS) is 10.6. The molecule has 100 valence electrons. The summed E-state index contributed by atoms with van der Waals surface area (Å²) in [6.45, 7) is 1.44. The smallest absolute Gasteiger partial charge is 0.234 e. The zero-order valence-electron chi connectivity index (χ0n) is 10.6. The summed E-state index contributed by atoms with van der Waals surface area (Å²) < 4.78 is 4.83. The molecule has 5 nitrogen and oxygen atoms in total. The van der Waals surface area contributed by atoms with Gasteiger partial charge in [-0.2, -0.15) is 0 Å². The molecule has 18 heavy (non-hydrogen) atoms. The second kappa shape index (κ2) is 7.97. The molecule has 0 aromatic carbocycles. The molecule has 1 heterocycles. The molecule has 1 amide bonds. The largest absolute Gasteiger partial charge is 0.383 e.